The first-order valence-electron chi connectivity index (χ1n) is 7.76. The summed E-state index contributed by atoms with van der Waals surface area (Å²) in [5, 5.41) is 0. The van der Waals surface area contributed by atoms with Crippen LogP contribution in [0.1, 0.15) is 22.3 Å². The molecular formula is C18H20ClNO4S. The molecule has 0 bridgehead atoms. The molecule has 0 N–H and O–H groups in total. The average Bonchev–Trinajstić information content (AvgIpc) is 2.65. The summed E-state index contributed by atoms with van der Waals surface area (Å²) in [6, 6.07) is 15.6. The molecule has 0 atom stereocenters. The molecule has 2 aromatic rings. The standard InChI is InChI=1S/C18H20ClNO4S/c1-24-18(21)16-10-8-15(9-11-16)14-20(17-6-3-2-4-7-17)25(22,23)13-5-12-19/h2-4,6-11H,5,12-14H2,1H3. The lowest BCUT2D eigenvalue weighted by molar-refractivity contribution is 0.0600. The van der Waals surface area contributed by atoms with Gasteiger partial charge < -0.3 is 4.74 Å². The Bertz CT molecular complexity index is 792. The van der Waals surface area contributed by atoms with Crippen molar-refractivity contribution in [3.05, 3.63) is 65.7 Å². The summed E-state index contributed by atoms with van der Waals surface area (Å²) in [4.78, 5) is 11.5. The number of sulfonamides is 1. The summed E-state index contributed by atoms with van der Waals surface area (Å²) >= 11 is 5.65. The molecule has 2 rings (SSSR count). The lowest BCUT2D eigenvalue weighted by Crippen LogP contribution is -2.32. The quantitative estimate of drug-likeness (QED) is 0.519. The van der Waals surface area contributed by atoms with Gasteiger partial charge in [0.2, 0.25) is 10.0 Å². The van der Waals surface area contributed by atoms with Crippen molar-refractivity contribution in [1.82, 2.24) is 0 Å². The maximum absolute atomic E-state index is 12.7. The summed E-state index contributed by atoms with van der Waals surface area (Å²) in [6.07, 6.45) is 0.383. The zero-order valence-electron chi connectivity index (χ0n) is 13.9. The minimum Gasteiger partial charge on any atom is -0.465 e. The summed E-state index contributed by atoms with van der Waals surface area (Å²) < 4.78 is 31.5. The molecule has 0 unspecified atom stereocenters. The van der Waals surface area contributed by atoms with E-state index in [0.717, 1.165) is 5.56 Å². The number of hydrogen-bond acceptors (Lipinski definition) is 4. The first-order valence-corrected chi connectivity index (χ1v) is 9.91. The van der Waals surface area contributed by atoms with Gasteiger partial charge in [0.1, 0.15) is 0 Å². The van der Waals surface area contributed by atoms with Crippen LogP contribution in [0.2, 0.25) is 0 Å². The number of anilines is 1. The lowest BCUT2D eigenvalue weighted by atomic mass is 10.1. The molecule has 0 aliphatic rings. The molecule has 2 aromatic carbocycles. The van der Waals surface area contributed by atoms with Gasteiger partial charge in [-0.3, -0.25) is 4.31 Å². The fourth-order valence-electron chi connectivity index (χ4n) is 2.32. The molecule has 0 amide bonds. The number of carbonyl (C=O) groups excluding carboxylic acids is 1. The third-order valence-electron chi connectivity index (χ3n) is 3.62. The van der Waals surface area contributed by atoms with Crippen LogP contribution in [0.25, 0.3) is 0 Å². The van der Waals surface area contributed by atoms with Crippen LogP contribution in [0.3, 0.4) is 0 Å². The van der Waals surface area contributed by atoms with Gasteiger partial charge in [-0.05, 0) is 36.2 Å². The first-order chi connectivity index (χ1) is 12.0. The number of benzene rings is 2. The van der Waals surface area contributed by atoms with Crippen molar-refractivity contribution in [2.45, 2.75) is 13.0 Å². The van der Waals surface area contributed by atoms with Gasteiger partial charge in [0.05, 0.1) is 30.7 Å². The van der Waals surface area contributed by atoms with Crippen molar-refractivity contribution in [3.63, 3.8) is 0 Å². The molecule has 0 aromatic heterocycles. The van der Waals surface area contributed by atoms with Crippen LogP contribution in [-0.4, -0.2) is 33.1 Å². The highest BCUT2D eigenvalue weighted by Crippen LogP contribution is 2.22. The predicted molar refractivity (Wildman–Crippen MR) is 99.5 cm³/mol. The van der Waals surface area contributed by atoms with Crippen molar-refractivity contribution in [2.24, 2.45) is 0 Å². The van der Waals surface area contributed by atoms with Gasteiger partial charge in [0.25, 0.3) is 0 Å². The fourth-order valence-corrected chi connectivity index (χ4v) is 4.13. The minimum atomic E-state index is -3.51. The van der Waals surface area contributed by atoms with E-state index in [2.05, 4.69) is 4.74 Å². The Morgan fingerprint density at radius 1 is 1.08 bits per heavy atom. The van der Waals surface area contributed by atoms with Crippen LogP contribution >= 0.6 is 11.6 Å². The Hall–Kier alpha value is -2.05. The Labute approximate surface area is 153 Å². The Morgan fingerprint density at radius 3 is 2.28 bits per heavy atom. The summed E-state index contributed by atoms with van der Waals surface area (Å²) in [6.45, 7) is 0.177. The van der Waals surface area contributed by atoms with Crippen LogP contribution in [-0.2, 0) is 21.3 Å². The molecule has 0 radical (unpaired) electrons. The number of halogens is 1. The molecule has 0 aliphatic carbocycles. The second-order valence-electron chi connectivity index (χ2n) is 5.39. The van der Waals surface area contributed by atoms with Gasteiger partial charge in [-0.2, -0.15) is 0 Å². The maximum atomic E-state index is 12.7. The molecule has 0 saturated heterocycles. The Morgan fingerprint density at radius 2 is 1.72 bits per heavy atom. The Kier molecular flexibility index (Phi) is 6.84. The van der Waals surface area contributed by atoms with E-state index >= 15 is 0 Å². The van der Waals surface area contributed by atoms with Gasteiger partial charge in [-0.25, -0.2) is 13.2 Å². The van der Waals surface area contributed by atoms with Crippen LogP contribution in [0.4, 0.5) is 5.69 Å². The molecule has 0 spiro atoms. The summed E-state index contributed by atoms with van der Waals surface area (Å²) in [7, 11) is -2.19. The van der Waals surface area contributed by atoms with Crippen molar-refractivity contribution in [2.75, 3.05) is 23.0 Å². The lowest BCUT2D eigenvalue weighted by Gasteiger charge is -2.24. The number of carbonyl (C=O) groups is 1. The summed E-state index contributed by atoms with van der Waals surface area (Å²) in [5.41, 5.74) is 1.78. The molecule has 7 heteroatoms. The van der Waals surface area contributed by atoms with E-state index in [-0.39, 0.29) is 18.2 Å². The first kappa shape index (κ1) is 19.3. The highest BCUT2D eigenvalue weighted by Gasteiger charge is 2.22. The molecule has 5 nitrogen and oxygen atoms in total. The summed E-state index contributed by atoms with van der Waals surface area (Å²) in [5.74, 6) is -0.164. The molecule has 25 heavy (non-hydrogen) atoms. The second kappa shape index (κ2) is 8.87. The minimum absolute atomic E-state index is 0.0222. The number of alkyl halides is 1. The normalized spacial score (nSPS) is 11.1. The molecule has 134 valence electrons. The molecule has 0 aliphatic heterocycles. The molecule has 0 fully saturated rings. The Balaban J connectivity index is 2.29. The monoisotopic (exact) mass is 381 g/mol. The van der Waals surface area contributed by atoms with Crippen molar-refractivity contribution in [3.8, 4) is 0 Å². The van der Waals surface area contributed by atoms with Crippen molar-refractivity contribution >= 4 is 33.3 Å². The van der Waals surface area contributed by atoms with Gasteiger partial charge in [-0.1, -0.05) is 30.3 Å². The second-order valence-corrected chi connectivity index (χ2v) is 7.78. The number of methoxy groups -OCH3 is 1. The predicted octanol–water partition coefficient (Wildman–Crippen LogP) is 3.44. The van der Waals surface area contributed by atoms with E-state index in [9.17, 15) is 13.2 Å². The van der Waals surface area contributed by atoms with Crippen LogP contribution in [0.5, 0.6) is 0 Å². The largest absolute Gasteiger partial charge is 0.465 e. The van der Waals surface area contributed by atoms with E-state index in [1.165, 1.54) is 11.4 Å². The SMILES string of the molecule is COC(=O)c1ccc(CN(c2ccccc2)S(=O)(=O)CCCCl)cc1. The highest BCUT2D eigenvalue weighted by molar-refractivity contribution is 7.92. The number of esters is 1. The van der Waals surface area contributed by atoms with Gasteiger partial charge in [-0.15, -0.1) is 11.6 Å². The highest BCUT2D eigenvalue weighted by atomic mass is 35.5. The van der Waals surface area contributed by atoms with E-state index in [1.54, 1.807) is 48.5 Å². The third-order valence-corrected chi connectivity index (χ3v) is 5.70. The van der Waals surface area contributed by atoms with E-state index in [4.69, 9.17) is 11.6 Å². The van der Waals surface area contributed by atoms with Gasteiger partial charge in [0, 0.05) is 5.88 Å². The molecular weight excluding hydrogens is 362 g/mol. The molecule has 0 saturated carbocycles. The number of ether oxygens (including phenoxy) is 1. The van der Waals surface area contributed by atoms with Crippen LogP contribution in [0, 0.1) is 0 Å². The van der Waals surface area contributed by atoms with Crippen molar-refractivity contribution < 1.29 is 17.9 Å². The fraction of sp³-hybridized carbons (Fsp3) is 0.278. The van der Waals surface area contributed by atoms with Crippen LogP contribution in [0.15, 0.2) is 54.6 Å². The number of nitrogens with zero attached hydrogens (tertiary/aromatic N) is 1. The van der Waals surface area contributed by atoms with Gasteiger partial charge >= 0.3 is 5.97 Å². The topological polar surface area (TPSA) is 63.7 Å². The number of para-hydroxylation sites is 1. The zero-order valence-corrected chi connectivity index (χ0v) is 15.5. The maximum Gasteiger partial charge on any atom is 0.337 e. The smallest absolute Gasteiger partial charge is 0.337 e. The van der Waals surface area contributed by atoms with E-state index in [0.29, 0.717) is 17.7 Å². The van der Waals surface area contributed by atoms with Gasteiger partial charge in [0.15, 0.2) is 0 Å². The average molecular weight is 382 g/mol. The zero-order chi connectivity index (χ0) is 18.3. The molecule has 0 heterocycles. The van der Waals surface area contributed by atoms with Crippen molar-refractivity contribution in [1.29, 1.82) is 0 Å². The number of rotatable bonds is 8. The van der Waals surface area contributed by atoms with E-state index in [1.807, 2.05) is 6.07 Å². The van der Waals surface area contributed by atoms with Crippen LogP contribution < -0.4 is 4.31 Å². The third kappa shape index (κ3) is 5.21. The number of hydrogen-bond donors (Lipinski definition) is 0. The van der Waals surface area contributed by atoms with E-state index < -0.39 is 16.0 Å².